The van der Waals surface area contributed by atoms with Gasteiger partial charge in [-0.3, -0.25) is 9.59 Å². The third-order valence-corrected chi connectivity index (χ3v) is 5.78. The molecule has 2 aromatic rings. The highest BCUT2D eigenvalue weighted by atomic mass is 32.2. The van der Waals surface area contributed by atoms with E-state index in [1.54, 1.807) is 0 Å². The maximum atomic E-state index is 12.9. The van der Waals surface area contributed by atoms with Gasteiger partial charge in [-0.25, -0.2) is 4.39 Å². The molecule has 3 rings (SSSR count). The lowest BCUT2D eigenvalue weighted by Gasteiger charge is -2.37. The van der Waals surface area contributed by atoms with Crippen LogP contribution in [0.4, 0.5) is 15.8 Å². The Hall–Kier alpha value is -2.54. The number of carbonyl (C=O) groups is 2. The number of carbonyl (C=O) groups excluding carboxylic acids is 2. The Kier molecular flexibility index (Phi) is 6.92. The van der Waals surface area contributed by atoms with Crippen molar-refractivity contribution in [2.45, 2.75) is 12.2 Å². The highest BCUT2D eigenvalue weighted by molar-refractivity contribution is 8.01. The zero-order valence-electron chi connectivity index (χ0n) is 15.8. The number of rotatable bonds is 6. The Morgan fingerprint density at radius 3 is 2.32 bits per heavy atom. The molecule has 5 nitrogen and oxygen atoms in total. The zero-order valence-corrected chi connectivity index (χ0v) is 16.6. The van der Waals surface area contributed by atoms with E-state index in [4.69, 9.17) is 0 Å². The standard InChI is InChI=1S/C21H24FN3O2S/c1-16(28-15-20(26)23-18-9-7-17(22)8-10-18)21(27)25-13-11-24(12-14-25)19-5-3-2-4-6-19/h2-10,16H,11-15H2,1H3,(H,23,26)/t16-/m1/s1. The number of nitrogens with one attached hydrogen (secondary N) is 1. The van der Waals surface area contributed by atoms with Gasteiger partial charge in [-0.1, -0.05) is 18.2 Å². The predicted octanol–water partition coefficient (Wildman–Crippen LogP) is 3.23. The molecule has 1 heterocycles. The zero-order chi connectivity index (χ0) is 19.9. The van der Waals surface area contributed by atoms with E-state index < -0.39 is 0 Å². The lowest BCUT2D eigenvalue weighted by Crippen LogP contribution is -2.50. The molecule has 0 spiro atoms. The summed E-state index contributed by atoms with van der Waals surface area (Å²) in [5, 5.41) is 2.42. The van der Waals surface area contributed by atoms with Gasteiger partial charge in [-0.15, -0.1) is 11.8 Å². The van der Waals surface area contributed by atoms with Gasteiger partial charge in [-0.05, 0) is 43.3 Å². The fourth-order valence-electron chi connectivity index (χ4n) is 3.08. The van der Waals surface area contributed by atoms with Gasteiger partial charge in [0.25, 0.3) is 0 Å². The van der Waals surface area contributed by atoms with Gasteiger partial charge >= 0.3 is 0 Å². The third-order valence-electron chi connectivity index (χ3n) is 4.65. The van der Waals surface area contributed by atoms with Gasteiger partial charge in [0.2, 0.25) is 11.8 Å². The van der Waals surface area contributed by atoms with Crippen molar-refractivity contribution in [3.05, 3.63) is 60.4 Å². The van der Waals surface area contributed by atoms with Gasteiger partial charge in [0, 0.05) is 37.6 Å². The maximum Gasteiger partial charge on any atom is 0.235 e. The number of piperazine rings is 1. The van der Waals surface area contributed by atoms with Crippen LogP contribution in [0.15, 0.2) is 54.6 Å². The molecule has 1 atom stereocenters. The third kappa shape index (κ3) is 5.48. The number of nitrogens with zero attached hydrogens (tertiary/aromatic N) is 2. The van der Waals surface area contributed by atoms with E-state index in [0.717, 1.165) is 13.1 Å². The first kappa shape index (κ1) is 20.2. The first-order valence-electron chi connectivity index (χ1n) is 9.29. The molecular formula is C21H24FN3O2S. The molecule has 2 aromatic carbocycles. The predicted molar refractivity (Wildman–Crippen MR) is 112 cm³/mol. The molecule has 0 radical (unpaired) electrons. The molecule has 0 aromatic heterocycles. The summed E-state index contributed by atoms with van der Waals surface area (Å²) in [5.74, 6) is -0.315. The molecular weight excluding hydrogens is 377 g/mol. The minimum atomic E-state index is -0.348. The van der Waals surface area contributed by atoms with Crippen molar-refractivity contribution in [3.63, 3.8) is 0 Å². The summed E-state index contributed by atoms with van der Waals surface area (Å²) >= 11 is 1.31. The monoisotopic (exact) mass is 401 g/mol. The first-order chi connectivity index (χ1) is 13.5. The number of para-hydroxylation sites is 1. The average molecular weight is 402 g/mol. The molecule has 148 valence electrons. The molecule has 0 aliphatic carbocycles. The van der Waals surface area contributed by atoms with Gasteiger partial charge in [0.05, 0.1) is 11.0 Å². The van der Waals surface area contributed by atoms with E-state index in [9.17, 15) is 14.0 Å². The van der Waals surface area contributed by atoms with E-state index in [0.29, 0.717) is 18.8 Å². The molecule has 1 aliphatic rings. The van der Waals surface area contributed by atoms with E-state index in [1.165, 1.54) is 41.7 Å². The quantitative estimate of drug-likeness (QED) is 0.808. The van der Waals surface area contributed by atoms with Crippen LogP contribution >= 0.6 is 11.8 Å². The Bertz CT molecular complexity index is 793. The Labute approximate surface area is 168 Å². The molecule has 1 fully saturated rings. The largest absolute Gasteiger partial charge is 0.368 e. The minimum absolute atomic E-state index is 0.0623. The van der Waals surface area contributed by atoms with Crippen LogP contribution in [-0.4, -0.2) is 53.9 Å². The maximum absolute atomic E-state index is 12.9. The van der Waals surface area contributed by atoms with Crippen LogP contribution < -0.4 is 10.2 Å². The van der Waals surface area contributed by atoms with Crippen LogP contribution in [0.5, 0.6) is 0 Å². The first-order valence-corrected chi connectivity index (χ1v) is 10.3. The van der Waals surface area contributed by atoms with Crippen molar-refractivity contribution < 1.29 is 14.0 Å². The van der Waals surface area contributed by atoms with Crippen molar-refractivity contribution in [3.8, 4) is 0 Å². The highest BCUT2D eigenvalue weighted by Gasteiger charge is 2.25. The number of amides is 2. The Morgan fingerprint density at radius 2 is 1.68 bits per heavy atom. The normalized spacial score (nSPS) is 15.2. The number of halogens is 1. The molecule has 0 saturated carbocycles. The summed E-state index contributed by atoms with van der Waals surface area (Å²) in [7, 11) is 0. The molecule has 1 N–H and O–H groups in total. The van der Waals surface area contributed by atoms with Crippen LogP contribution in [0, 0.1) is 5.82 Å². The SMILES string of the molecule is C[C@@H](SCC(=O)Nc1ccc(F)cc1)C(=O)N1CCN(c2ccccc2)CC1. The summed E-state index contributed by atoms with van der Waals surface area (Å²) in [5.41, 5.74) is 1.72. The second kappa shape index (κ2) is 9.59. The van der Waals surface area contributed by atoms with Gasteiger partial charge in [-0.2, -0.15) is 0 Å². The lowest BCUT2D eigenvalue weighted by atomic mass is 10.2. The van der Waals surface area contributed by atoms with Crippen LogP contribution in [0.25, 0.3) is 0 Å². The lowest BCUT2D eigenvalue weighted by molar-refractivity contribution is -0.130. The second-order valence-corrected chi connectivity index (χ2v) is 7.99. The number of benzene rings is 2. The number of anilines is 2. The van der Waals surface area contributed by atoms with Crippen LogP contribution in [-0.2, 0) is 9.59 Å². The average Bonchev–Trinajstić information content (AvgIpc) is 2.74. The van der Waals surface area contributed by atoms with E-state index in [-0.39, 0.29) is 28.6 Å². The summed E-state index contributed by atoms with van der Waals surface area (Å²) in [6.07, 6.45) is 0. The minimum Gasteiger partial charge on any atom is -0.368 e. The van der Waals surface area contributed by atoms with Crippen LogP contribution in [0.2, 0.25) is 0 Å². The van der Waals surface area contributed by atoms with E-state index in [2.05, 4.69) is 22.3 Å². The summed E-state index contributed by atoms with van der Waals surface area (Å²) < 4.78 is 12.9. The summed E-state index contributed by atoms with van der Waals surface area (Å²) in [4.78, 5) is 28.9. The van der Waals surface area contributed by atoms with Gasteiger partial charge < -0.3 is 15.1 Å². The van der Waals surface area contributed by atoms with Crippen molar-refractivity contribution in [1.29, 1.82) is 0 Å². The summed E-state index contributed by atoms with van der Waals surface area (Å²) in [6, 6.07) is 15.8. The van der Waals surface area contributed by atoms with Crippen molar-refractivity contribution in [2.24, 2.45) is 0 Å². The fraction of sp³-hybridized carbons (Fsp3) is 0.333. The smallest absolute Gasteiger partial charge is 0.235 e. The molecule has 2 amide bonds. The van der Waals surface area contributed by atoms with Crippen molar-refractivity contribution in [2.75, 3.05) is 42.1 Å². The van der Waals surface area contributed by atoms with Gasteiger partial charge in [0.1, 0.15) is 5.82 Å². The van der Waals surface area contributed by atoms with E-state index in [1.807, 2.05) is 30.0 Å². The molecule has 1 saturated heterocycles. The molecule has 7 heteroatoms. The molecule has 0 unspecified atom stereocenters. The highest BCUT2D eigenvalue weighted by Crippen LogP contribution is 2.19. The fourth-order valence-corrected chi connectivity index (χ4v) is 3.85. The van der Waals surface area contributed by atoms with Crippen molar-refractivity contribution >= 4 is 35.0 Å². The number of hydrogen-bond donors (Lipinski definition) is 1. The molecule has 0 bridgehead atoms. The Morgan fingerprint density at radius 1 is 1.04 bits per heavy atom. The molecule has 1 aliphatic heterocycles. The molecule has 28 heavy (non-hydrogen) atoms. The Balaban J connectivity index is 1.42. The van der Waals surface area contributed by atoms with Crippen LogP contribution in [0.3, 0.4) is 0 Å². The van der Waals surface area contributed by atoms with Gasteiger partial charge in [0.15, 0.2) is 0 Å². The van der Waals surface area contributed by atoms with Crippen LogP contribution in [0.1, 0.15) is 6.92 Å². The number of thioether (sulfide) groups is 1. The van der Waals surface area contributed by atoms with Crippen molar-refractivity contribution in [1.82, 2.24) is 4.90 Å². The topological polar surface area (TPSA) is 52.7 Å². The van der Waals surface area contributed by atoms with E-state index >= 15 is 0 Å². The number of hydrogen-bond acceptors (Lipinski definition) is 4. The summed E-state index contributed by atoms with van der Waals surface area (Å²) in [6.45, 7) is 4.80. The second-order valence-electron chi connectivity index (χ2n) is 6.66.